The minimum absolute atomic E-state index is 0.619. The molecule has 94 valence electrons. The maximum atomic E-state index is 5.70. The van der Waals surface area contributed by atoms with Crippen LogP contribution < -0.4 is 10.6 Å². The van der Waals surface area contributed by atoms with Crippen molar-refractivity contribution in [2.45, 2.75) is 33.1 Å². The van der Waals surface area contributed by atoms with Crippen LogP contribution in [0.3, 0.4) is 0 Å². The van der Waals surface area contributed by atoms with Gasteiger partial charge in [0, 0.05) is 30.9 Å². The molecule has 2 N–H and O–H groups in total. The van der Waals surface area contributed by atoms with E-state index >= 15 is 0 Å². The highest BCUT2D eigenvalue weighted by Gasteiger charge is 2.20. The number of hydrogen-bond donors (Lipinski definition) is 1. The van der Waals surface area contributed by atoms with Gasteiger partial charge in [-0.05, 0) is 25.2 Å². The van der Waals surface area contributed by atoms with E-state index in [1.165, 1.54) is 17.7 Å². The Morgan fingerprint density at radius 2 is 2.18 bits per heavy atom. The van der Waals surface area contributed by atoms with Crippen molar-refractivity contribution in [2.24, 2.45) is 11.7 Å². The van der Waals surface area contributed by atoms with Crippen molar-refractivity contribution in [3.8, 4) is 0 Å². The summed E-state index contributed by atoms with van der Waals surface area (Å²) in [4.78, 5) is 11.2. The smallest absolute Gasteiger partial charge is 0.135 e. The van der Waals surface area contributed by atoms with Gasteiger partial charge in [0.2, 0.25) is 0 Å². The fourth-order valence-corrected chi connectivity index (χ4v) is 2.50. The molecule has 17 heavy (non-hydrogen) atoms. The minimum atomic E-state index is 0.619. The number of anilines is 1. The molecular weight excluding hydrogens is 212 g/mol. The zero-order valence-electron chi connectivity index (χ0n) is 10.8. The summed E-state index contributed by atoms with van der Waals surface area (Å²) in [7, 11) is 0. The van der Waals surface area contributed by atoms with E-state index in [2.05, 4.69) is 28.7 Å². The first-order chi connectivity index (χ1) is 8.22. The number of fused-ring (bicyclic) bond motifs is 1. The van der Waals surface area contributed by atoms with Crippen LogP contribution in [0.1, 0.15) is 31.5 Å². The van der Waals surface area contributed by atoms with Crippen LogP contribution in [-0.4, -0.2) is 29.6 Å². The van der Waals surface area contributed by atoms with Gasteiger partial charge in [-0.25, -0.2) is 9.97 Å². The molecular formula is C13H22N4. The highest BCUT2D eigenvalue weighted by Crippen LogP contribution is 2.27. The van der Waals surface area contributed by atoms with Crippen LogP contribution in [0.15, 0.2) is 6.33 Å². The Bertz CT molecular complexity index is 376. The van der Waals surface area contributed by atoms with Gasteiger partial charge >= 0.3 is 0 Å². The molecule has 0 aromatic carbocycles. The van der Waals surface area contributed by atoms with Crippen molar-refractivity contribution in [1.82, 2.24) is 9.97 Å². The molecule has 0 amide bonds. The van der Waals surface area contributed by atoms with Gasteiger partial charge in [-0.15, -0.1) is 0 Å². The average molecular weight is 234 g/mol. The van der Waals surface area contributed by atoms with Gasteiger partial charge in [0.05, 0.1) is 0 Å². The number of aryl methyl sites for hydroxylation is 1. The molecule has 0 bridgehead atoms. The first-order valence-corrected chi connectivity index (χ1v) is 6.50. The van der Waals surface area contributed by atoms with Crippen molar-refractivity contribution in [1.29, 1.82) is 0 Å². The van der Waals surface area contributed by atoms with E-state index in [1.807, 2.05) is 0 Å². The highest BCUT2D eigenvalue weighted by molar-refractivity contribution is 5.50. The molecule has 4 nitrogen and oxygen atoms in total. The van der Waals surface area contributed by atoms with E-state index in [9.17, 15) is 0 Å². The second-order valence-corrected chi connectivity index (χ2v) is 5.10. The highest BCUT2D eigenvalue weighted by atomic mass is 15.2. The summed E-state index contributed by atoms with van der Waals surface area (Å²) in [5.74, 6) is 1.74. The largest absolute Gasteiger partial charge is 0.355 e. The third kappa shape index (κ3) is 2.75. The molecule has 0 fully saturated rings. The number of nitrogens with zero attached hydrogens (tertiary/aromatic N) is 3. The molecule has 1 aliphatic carbocycles. The molecule has 0 unspecified atom stereocenters. The van der Waals surface area contributed by atoms with Gasteiger partial charge in [0.1, 0.15) is 12.1 Å². The van der Waals surface area contributed by atoms with Crippen LogP contribution in [0.5, 0.6) is 0 Å². The van der Waals surface area contributed by atoms with Crippen molar-refractivity contribution in [3.63, 3.8) is 0 Å². The normalized spacial score (nSPS) is 14.1. The summed E-state index contributed by atoms with van der Waals surface area (Å²) in [6.07, 6.45) is 5.12. The lowest BCUT2D eigenvalue weighted by Gasteiger charge is -2.26. The zero-order chi connectivity index (χ0) is 12.3. The molecule has 0 spiro atoms. The second kappa shape index (κ2) is 5.45. The maximum absolute atomic E-state index is 5.70. The van der Waals surface area contributed by atoms with E-state index in [4.69, 9.17) is 5.73 Å². The van der Waals surface area contributed by atoms with E-state index < -0.39 is 0 Å². The Kier molecular flexibility index (Phi) is 3.94. The third-order valence-corrected chi connectivity index (χ3v) is 3.14. The fraction of sp³-hybridized carbons (Fsp3) is 0.692. The van der Waals surface area contributed by atoms with E-state index in [0.29, 0.717) is 12.5 Å². The predicted octanol–water partition coefficient (Wildman–Crippen LogP) is 1.39. The monoisotopic (exact) mass is 234 g/mol. The summed E-state index contributed by atoms with van der Waals surface area (Å²) in [6.45, 7) is 7.02. The van der Waals surface area contributed by atoms with Gasteiger partial charge in [-0.2, -0.15) is 0 Å². The minimum Gasteiger partial charge on any atom is -0.355 e. The topological polar surface area (TPSA) is 55.0 Å². The van der Waals surface area contributed by atoms with Gasteiger partial charge < -0.3 is 10.6 Å². The Morgan fingerprint density at radius 1 is 1.35 bits per heavy atom. The lowest BCUT2D eigenvalue weighted by Crippen LogP contribution is -2.34. The third-order valence-electron chi connectivity index (χ3n) is 3.14. The van der Waals surface area contributed by atoms with Gasteiger partial charge in [0.15, 0.2) is 0 Å². The average Bonchev–Trinajstić information content (AvgIpc) is 2.75. The van der Waals surface area contributed by atoms with Crippen molar-refractivity contribution >= 4 is 5.82 Å². The van der Waals surface area contributed by atoms with Gasteiger partial charge in [-0.1, -0.05) is 13.8 Å². The van der Waals surface area contributed by atoms with Gasteiger partial charge in [0.25, 0.3) is 0 Å². The summed E-state index contributed by atoms with van der Waals surface area (Å²) in [5.41, 5.74) is 8.29. The lowest BCUT2D eigenvalue weighted by molar-refractivity contribution is 0.605. The van der Waals surface area contributed by atoms with Gasteiger partial charge in [-0.3, -0.25) is 0 Å². The molecule has 0 atom stereocenters. The summed E-state index contributed by atoms with van der Waals surface area (Å²) >= 11 is 0. The summed E-state index contributed by atoms with van der Waals surface area (Å²) in [5, 5.41) is 0. The van der Waals surface area contributed by atoms with Crippen LogP contribution in [0, 0.1) is 5.92 Å². The van der Waals surface area contributed by atoms with Crippen molar-refractivity contribution in [2.75, 3.05) is 24.5 Å². The SMILES string of the molecule is CC(C)CN(CCN)c1ncnc2c1CCC2. The Morgan fingerprint density at radius 3 is 2.88 bits per heavy atom. The summed E-state index contributed by atoms with van der Waals surface area (Å²) in [6, 6.07) is 0. The quantitative estimate of drug-likeness (QED) is 0.836. The maximum Gasteiger partial charge on any atom is 0.135 e. The molecule has 0 radical (unpaired) electrons. The second-order valence-electron chi connectivity index (χ2n) is 5.10. The number of nitrogens with two attached hydrogens (primary N) is 1. The van der Waals surface area contributed by atoms with Crippen molar-refractivity contribution in [3.05, 3.63) is 17.6 Å². The van der Waals surface area contributed by atoms with Crippen LogP contribution >= 0.6 is 0 Å². The van der Waals surface area contributed by atoms with E-state index in [0.717, 1.165) is 31.7 Å². The molecule has 0 saturated carbocycles. The number of aromatic nitrogens is 2. The molecule has 2 rings (SSSR count). The number of hydrogen-bond acceptors (Lipinski definition) is 4. The van der Waals surface area contributed by atoms with E-state index in [-0.39, 0.29) is 0 Å². The standard InChI is InChI=1S/C13H22N4/c1-10(2)8-17(7-6-14)13-11-4-3-5-12(11)15-9-16-13/h9-10H,3-8,14H2,1-2H3. The molecule has 4 heteroatoms. The first-order valence-electron chi connectivity index (χ1n) is 6.50. The van der Waals surface area contributed by atoms with Crippen LogP contribution in [0.25, 0.3) is 0 Å². The fourth-order valence-electron chi connectivity index (χ4n) is 2.50. The lowest BCUT2D eigenvalue weighted by atomic mass is 10.1. The van der Waals surface area contributed by atoms with Crippen LogP contribution in [0.4, 0.5) is 5.82 Å². The van der Waals surface area contributed by atoms with E-state index in [1.54, 1.807) is 6.33 Å². The van der Waals surface area contributed by atoms with Crippen LogP contribution in [-0.2, 0) is 12.8 Å². The molecule has 0 saturated heterocycles. The molecule has 1 heterocycles. The first kappa shape index (κ1) is 12.3. The Balaban J connectivity index is 2.26. The number of rotatable bonds is 5. The molecule has 1 aliphatic rings. The molecule has 1 aromatic heterocycles. The summed E-state index contributed by atoms with van der Waals surface area (Å²) < 4.78 is 0. The van der Waals surface area contributed by atoms with Crippen LogP contribution in [0.2, 0.25) is 0 Å². The molecule has 1 aromatic rings. The Labute approximate surface area is 103 Å². The molecule has 0 aliphatic heterocycles. The zero-order valence-corrected chi connectivity index (χ0v) is 10.8. The van der Waals surface area contributed by atoms with Crippen molar-refractivity contribution < 1.29 is 0 Å². The predicted molar refractivity (Wildman–Crippen MR) is 70.2 cm³/mol. The Hall–Kier alpha value is -1.16.